The fourth-order valence-corrected chi connectivity index (χ4v) is 1.69. The summed E-state index contributed by atoms with van der Waals surface area (Å²) in [5.41, 5.74) is 3.44. The van der Waals surface area contributed by atoms with Crippen molar-refractivity contribution in [2.24, 2.45) is 0 Å². The van der Waals surface area contributed by atoms with E-state index >= 15 is 0 Å². The summed E-state index contributed by atoms with van der Waals surface area (Å²) in [4.78, 5) is 15.7. The Labute approximate surface area is 93.5 Å². The molecule has 0 saturated heterocycles. The lowest BCUT2D eigenvalue weighted by Gasteiger charge is -2.03. The molecule has 1 N–H and O–H groups in total. The molecule has 0 atom stereocenters. The molecule has 0 aliphatic carbocycles. The Morgan fingerprint density at radius 1 is 1.44 bits per heavy atom. The molecule has 5 heteroatoms. The van der Waals surface area contributed by atoms with E-state index in [0.29, 0.717) is 6.42 Å². The van der Waals surface area contributed by atoms with Crippen LogP contribution in [0.4, 0.5) is 0 Å². The molecule has 84 valence electrons. The Morgan fingerprint density at radius 2 is 2.19 bits per heavy atom. The van der Waals surface area contributed by atoms with Gasteiger partial charge in [-0.15, -0.1) is 0 Å². The summed E-state index contributed by atoms with van der Waals surface area (Å²) in [5, 5.41) is 6.92. The van der Waals surface area contributed by atoms with Gasteiger partial charge in [-0.2, -0.15) is 5.10 Å². The Morgan fingerprint density at radius 3 is 2.88 bits per heavy atom. The van der Waals surface area contributed by atoms with Gasteiger partial charge in [0, 0.05) is 12.6 Å². The highest BCUT2D eigenvalue weighted by molar-refractivity contribution is 5.80. The molecule has 0 bridgehead atoms. The maximum Gasteiger partial charge on any atom is 0.224 e. The molecule has 1 amide bonds. The quantitative estimate of drug-likeness (QED) is 0.804. The van der Waals surface area contributed by atoms with Crippen molar-refractivity contribution in [1.29, 1.82) is 0 Å². The van der Waals surface area contributed by atoms with Gasteiger partial charge >= 0.3 is 0 Å². The molecule has 0 aliphatic rings. The number of hydrogen-bond acceptors (Lipinski definition) is 3. The Balaban J connectivity index is 2.53. The molecule has 2 rings (SSSR count). The number of fused-ring (bicyclic) bond motifs is 1. The topological polar surface area (TPSA) is 59.3 Å². The van der Waals surface area contributed by atoms with Crippen molar-refractivity contribution in [2.75, 3.05) is 7.05 Å². The summed E-state index contributed by atoms with van der Waals surface area (Å²) in [6.07, 6.45) is 2.19. The van der Waals surface area contributed by atoms with Crippen LogP contribution in [0.5, 0.6) is 0 Å². The van der Waals surface area contributed by atoms with Crippen LogP contribution < -0.4 is 5.32 Å². The molecule has 0 unspecified atom stereocenters. The third-order valence-electron chi connectivity index (χ3n) is 2.37. The molecular weight excluding hydrogens is 204 g/mol. The van der Waals surface area contributed by atoms with Crippen LogP contribution in [-0.2, 0) is 11.2 Å². The molecule has 16 heavy (non-hydrogen) atoms. The van der Waals surface area contributed by atoms with Crippen LogP contribution in [0.3, 0.4) is 0 Å². The molecule has 0 aromatic carbocycles. The average molecular weight is 218 g/mol. The number of carbonyl (C=O) groups excluding carboxylic acids is 1. The van der Waals surface area contributed by atoms with Crippen LogP contribution in [-0.4, -0.2) is 27.6 Å². The van der Waals surface area contributed by atoms with Gasteiger partial charge in [-0.1, -0.05) is 0 Å². The maximum atomic E-state index is 11.4. The van der Waals surface area contributed by atoms with Gasteiger partial charge in [0.25, 0.3) is 0 Å². The highest BCUT2D eigenvalue weighted by atomic mass is 16.1. The van der Waals surface area contributed by atoms with Gasteiger partial charge in [0.2, 0.25) is 5.91 Å². The largest absolute Gasteiger partial charge is 0.359 e. The molecule has 2 aromatic rings. The van der Waals surface area contributed by atoms with E-state index in [2.05, 4.69) is 15.4 Å². The lowest BCUT2D eigenvalue weighted by molar-refractivity contribution is -0.119. The second kappa shape index (κ2) is 3.92. The number of nitrogens with zero attached hydrogens (tertiary/aromatic N) is 3. The van der Waals surface area contributed by atoms with Gasteiger partial charge in [0.15, 0.2) is 5.65 Å². The summed E-state index contributed by atoms with van der Waals surface area (Å²) >= 11 is 0. The number of likely N-dealkylation sites (N-methyl/N-ethyl adjacent to an activating group) is 1. The SMILES string of the molecule is CNC(=O)Cc1cc(C)nn2cc(C)nc12. The number of aryl methyl sites for hydroxylation is 2. The second-order valence-electron chi connectivity index (χ2n) is 3.81. The minimum Gasteiger partial charge on any atom is -0.359 e. The van der Waals surface area contributed by atoms with Gasteiger partial charge in [-0.3, -0.25) is 4.79 Å². The first-order valence-corrected chi connectivity index (χ1v) is 5.13. The van der Waals surface area contributed by atoms with Gasteiger partial charge in [0.05, 0.1) is 24.0 Å². The van der Waals surface area contributed by atoms with Crippen LogP contribution in [0, 0.1) is 13.8 Å². The summed E-state index contributed by atoms with van der Waals surface area (Å²) in [7, 11) is 1.63. The third-order valence-corrected chi connectivity index (χ3v) is 2.37. The first kappa shape index (κ1) is 10.6. The summed E-state index contributed by atoms with van der Waals surface area (Å²) in [5.74, 6) is -0.0202. The number of amides is 1. The van der Waals surface area contributed by atoms with Crippen LogP contribution in [0.25, 0.3) is 5.65 Å². The van der Waals surface area contributed by atoms with Crippen molar-refractivity contribution in [1.82, 2.24) is 19.9 Å². The fraction of sp³-hybridized carbons (Fsp3) is 0.364. The van der Waals surface area contributed by atoms with Crippen molar-refractivity contribution in [2.45, 2.75) is 20.3 Å². The van der Waals surface area contributed by atoms with Gasteiger partial charge in [0.1, 0.15) is 0 Å². The molecule has 0 fully saturated rings. The van der Waals surface area contributed by atoms with Crippen molar-refractivity contribution >= 4 is 11.6 Å². The van der Waals surface area contributed by atoms with Crippen LogP contribution >= 0.6 is 0 Å². The van der Waals surface area contributed by atoms with Crippen molar-refractivity contribution < 1.29 is 4.79 Å². The minimum absolute atomic E-state index is 0.0202. The first-order valence-electron chi connectivity index (χ1n) is 5.13. The number of imidazole rings is 1. The van der Waals surface area contributed by atoms with Gasteiger partial charge < -0.3 is 5.32 Å². The highest BCUT2D eigenvalue weighted by Crippen LogP contribution is 2.11. The molecule has 0 saturated carbocycles. The van der Waals surface area contributed by atoms with E-state index in [1.165, 1.54) is 0 Å². The predicted octanol–water partition coefficient (Wildman–Crippen LogP) is 0.635. The van der Waals surface area contributed by atoms with Crippen molar-refractivity contribution in [3.8, 4) is 0 Å². The summed E-state index contributed by atoms with van der Waals surface area (Å²) < 4.78 is 1.73. The van der Waals surface area contributed by atoms with E-state index < -0.39 is 0 Å². The molecular formula is C11H14N4O. The molecule has 2 aromatic heterocycles. The maximum absolute atomic E-state index is 11.4. The molecule has 0 spiro atoms. The Hall–Kier alpha value is -1.91. The van der Waals surface area contributed by atoms with E-state index in [4.69, 9.17) is 0 Å². The van der Waals surface area contributed by atoms with Crippen LogP contribution in [0.2, 0.25) is 0 Å². The zero-order valence-corrected chi connectivity index (χ0v) is 9.61. The normalized spacial score (nSPS) is 10.7. The predicted molar refractivity (Wildman–Crippen MR) is 60.2 cm³/mol. The highest BCUT2D eigenvalue weighted by Gasteiger charge is 2.10. The minimum atomic E-state index is -0.0202. The smallest absolute Gasteiger partial charge is 0.224 e. The Kier molecular flexibility index (Phi) is 2.60. The van der Waals surface area contributed by atoms with E-state index in [9.17, 15) is 4.79 Å². The average Bonchev–Trinajstić information content (AvgIpc) is 2.58. The second-order valence-corrected chi connectivity index (χ2v) is 3.81. The van der Waals surface area contributed by atoms with E-state index in [1.54, 1.807) is 11.6 Å². The van der Waals surface area contributed by atoms with Crippen molar-refractivity contribution in [3.05, 3.63) is 29.2 Å². The standard InChI is InChI=1S/C11H14N4O/c1-7-4-9(5-10(16)12-3)11-13-8(2)6-15(11)14-7/h4,6H,5H2,1-3H3,(H,12,16). The first-order chi connectivity index (χ1) is 7.60. The summed E-state index contributed by atoms with van der Waals surface area (Å²) in [6, 6.07) is 1.90. The molecule has 2 heterocycles. The number of hydrogen-bond donors (Lipinski definition) is 1. The van der Waals surface area contributed by atoms with E-state index in [0.717, 1.165) is 22.6 Å². The van der Waals surface area contributed by atoms with Crippen LogP contribution in [0.15, 0.2) is 12.3 Å². The zero-order valence-electron chi connectivity index (χ0n) is 9.61. The molecule has 5 nitrogen and oxygen atoms in total. The number of rotatable bonds is 2. The lowest BCUT2D eigenvalue weighted by Crippen LogP contribution is -2.20. The number of aromatic nitrogens is 3. The lowest BCUT2D eigenvalue weighted by atomic mass is 10.2. The zero-order chi connectivity index (χ0) is 11.7. The van der Waals surface area contributed by atoms with Crippen molar-refractivity contribution in [3.63, 3.8) is 0 Å². The number of nitrogens with one attached hydrogen (secondary N) is 1. The molecule has 0 radical (unpaired) electrons. The Bertz CT molecular complexity index is 544. The third kappa shape index (κ3) is 1.88. The fourth-order valence-electron chi connectivity index (χ4n) is 1.69. The van der Waals surface area contributed by atoms with E-state index in [1.807, 2.05) is 26.1 Å². The van der Waals surface area contributed by atoms with E-state index in [-0.39, 0.29) is 5.91 Å². The summed E-state index contributed by atoms with van der Waals surface area (Å²) in [6.45, 7) is 3.82. The molecule has 0 aliphatic heterocycles. The van der Waals surface area contributed by atoms with Gasteiger partial charge in [-0.25, -0.2) is 9.50 Å². The number of carbonyl (C=O) groups is 1. The van der Waals surface area contributed by atoms with Crippen LogP contribution in [0.1, 0.15) is 17.0 Å². The monoisotopic (exact) mass is 218 g/mol. The van der Waals surface area contributed by atoms with Gasteiger partial charge in [-0.05, 0) is 19.9 Å².